The Balaban J connectivity index is 1.75. The quantitative estimate of drug-likeness (QED) is 0.396. The van der Waals surface area contributed by atoms with Crippen LogP contribution in [0.1, 0.15) is 16.7 Å². The number of ether oxygens (including phenoxy) is 3. The SMILES string of the molecule is COc1ccc(/C(C#N)=C/c2ccc(OCc3ccccc3F)cc2)cc1OC. The minimum absolute atomic E-state index is 0.150. The van der Waals surface area contributed by atoms with Gasteiger partial charge in [0.1, 0.15) is 18.2 Å². The summed E-state index contributed by atoms with van der Waals surface area (Å²) >= 11 is 0. The van der Waals surface area contributed by atoms with Gasteiger partial charge in [-0.2, -0.15) is 5.26 Å². The number of nitrogens with zero attached hydrogens (tertiary/aromatic N) is 1. The zero-order chi connectivity index (χ0) is 20.6. The molecule has 0 aromatic heterocycles. The van der Waals surface area contributed by atoms with Gasteiger partial charge in [-0.05, 0) is 53.6 Å². The minimum atomic E-state index is -0.291. The summed E-state index contributed by atoms with van der Waals surface area (Å²) in [4.78, 5) is 0. The molecule has 146 valence electrons. The summed E-state index contributed by atoms with van der Waals surface area (Å²) in [5.74, 6) is 1.49. The molecular weight excluding hydrogens is 369 g/mol. The molecule has 3 aromatic rings. The first-order chi connectivity index (χ1) is 14.1. The lowest BCUT2D eigenvalue weighted by Crippen LogP contribution is -1.98. The second-order valence-electron chi connectivity index (χ2n) is 6.19. The number of halogens is 1. The highest BCUT2D eigenvalue weighted by molar-refractivity contribution is 5.90. The third-order valence-electron chi connectivity index (χ3n) is 4.36. The maximum atomic E-state index is 13.7. The number of nitriles is 1. The van der Waals surface area contributed by atoms with E-state index in [1.54, 1.807) is 62.8 Å². The van der Waals surface area contributed by atoms with Crippen molar-refractivity contribution in [1.82, 2.24) is 0 Å². The van der Waals surface area contributed by atoms with Crippen LogP contribution in [0.5, 0.6) is 17.2 Å². The van der Waals surface area contributed by atoms with Gasteiger partial charge in [-0.1, -0.05) is 30.3 Å². The van der Waals surface area contributed by atoms with Crippen molar-refractivity contribution >= 4 is 11.6 Å². The molecule has 0 saturated heterocycles. The predicted molar refractivity (Wildman–Crippen MR) is 110 cm³/mol. The summed E-state index contributed by atoms with van der Waals surface area (Å²) in [5, 5.41) is 9.57. The van der Waals surface area contributed by atoms with Gasteiger partial charge >= 0.3 is 0 Å². The zero-order valence-electron chi connectivity index (χ0n) is 16.2. The molecule has 0 radical (unpaired) electrons. The molecule has 0 atom stereocenters. The van der Waals surface area contributed by atoms with Crippen LogP contribution in [0, 0.1) is 17.1 Å². The lowest BCUT2D eigenvalue weighted by molar-refractivity contribution is 0.300. The average molecular weight is 389 g/mol. The van der Waals surface area contributed by atoms with E-state index in [-0.39, 0.29) is 12.4 Å². The standard InChI is InChI=1S/C24H20FNO3/c1-27-23-12-9-18(14-24(23)28-2)20(15-26)13-17-7-10-21(11-8-17)29-16-19-5-3-4-6-22(19)25/h3-14H,16H2,1-2H3/b20-13+. The van der Waals surface area contributed by atoms with E-state index < -0.39 is 0 Å². The fraction of sp³-hybridized carbons (Fsp3) is 0.125. The molecule has 29 heavy (non-hydrogen) atoms. The Kier molecular flexibility index (Phi) is 6.49. The number of benzene rings is 3. The predicted octanol–water partition coefficient (Wildman–Crippen LogP) is 5.49. The van der Waals surface area contributed by atoms with Gasteiger partial charge < -0.3 is 14.2 Å². The highest BCUT2D eigenvalue weighted by Gasteiger charge is 2.08. The van der Waals surface area contributed by atoms with E-state index >= 15 is 0 Å². The van der Waals surface area contributed by atoms with Gasteiger partial charge in [0, 0.05) is 5.56 Å². The molecule has 0 spiro atoms. The Bertz CT molecular complexity index is 1050. The molecule has 3 aromatic carbocycles. The van der Waals surface area contributed by atoms with E-state index in [0.717, 1.165) is 11.1 Å². The van der Waals surface area contributed by atoms with Gasteiger partial charge in [-0.3, -0.25) is 0 Å². The maximum absolute atomic E-state index is 13.7. The summed E-state index contributed by atoms with van der Waals surface area (Å²) in [6.07, 6.45) is 1.78. The molecular formula is C24H20FNO3. The Labute approximate surface area is 169 Å². The number of methoxy groups -OCH3 is 2. The van der Waals surface area contributed by atoms with Crippen LogP contribution >= 0.6 is 0 Å². The highest BCUT2D eigenvalue weighted by atomic mass is 19.1. The van der Waals surface area contributed by atoms with E-state index in [1.165, 1.54) is 6.07 Å². The van der Waals surface area contributed by atoms with Crippen LogP contribution in [0.2, 0.25) is 0 Å². The molecule has 0 aliphatic heterocycles. The van der Waals surface area contributed by atoms with E-state index in [9.17, 15) is 9.65 Å². The van der Waals surface area contributed by atoms with Crippen molar-refractivity contribution in [3.8, 4) is 23.3 Å². The number of hydrogen-bond donors (Lipinski definition) is 0. The molecule has 3 rings (SSSR count). The van der Waals surface area contributed by atoms with Gasteiger partial charge in [0.15, 0.2) is 11.5 Å². The molecule has 0 N–H and O–H groups in total. The minimum Gasteiger partial charge on any atom is -0.493 e. The molecule has 0 amide bonds. The average Bonchev–Trinajstić information content (AvgIpc) is 2.77. The van der Waals surface area contributed by atoms with Crippen molar-refractivity contribution in [2.45, 2.75) is 6.61 Å². The summed E-state index contributed by atoms with van der Waals surface area (Å²) < 4.78 is 29.8. The van der Waals surface area contributed by atoms with Crippen molar-refractivity contribution in [2.24, 2.45) is 0 Å². The Morgan fingerprint density at radius 2 is 1.69 bits per heavy atom. The summed E-state index contributed by atoms with van der Waals surface area (Å²) in [6.45, 7) is 0.150. The Hall–Kier alpha value is -3.78. The van der Waals surface area contributed by atoms with Gasteiger partial charge in [0.25, 0.3) is 0 Å². The highest BCUT2D eigenvalue weighted by Crippen LogP contribution is 2.31. The lowest BCUT2D eigenvalue weighted by Gasteiger charge is -2.09. The van der Waals surface area contributed by atoms with Crippen molar-refractivity contribution in [3.05, 3.63) is 89.2 Å². The van der Waals surface area contributed by atoms with Crippen LogP contribution in [-0.4, -0.2) is 14.2 Å². The molecule has 0 fully saturated rings. The fourth-order valence-corrected chi connectivity index (χ4v) is 2.79. The van der Waals surface area contributed by atoms with Crippen molar-refractivity contribution in [1.29, 1.82) is 5.26 Å². The van der Waals surface area contributed by atoms with Crippen LogP contribution in [-0.2, 0) is 6.61 Å². The van der Waals surface area contributed by atoms with Crippen molar-refractivity contribution < 1.29 is 18.6 Å². The summed E-state index contributed by atoms with van der Waals surface area (Å²) in [5.41, 5.74) is 2.56. The normalized spacial score (nSPS) is 10.9. The number of rotatable bonds is 7. The summed E-state index contributed by atoms with van der Waals surface area (Å²) in [6, 6.07) is 21.3. The van der Waals surface area contributed by atoms with Crippen LogP contribution in [0.15, 0.2) is 66.7 Å². The smallest absolute Gasteiger partial charge is 0.161 e. The molecule has 0 saturated carbocycles. The van der Waals surface area contributed by atoms with Gasteiger partial charge in [0.05, 0.1) is 25.9 Å². The van der Waals surface area contributed by atoms with Crippen LogP contribution in [0.3, 0.4) is 0 Å². The molecule has 5 heteroatoms. The van der Waals surface area contributed by atoms with Gasteiger partial charge in [-0.15, -0.1) is 0 Å². The van der Waals surface area contributed by atoms with Gasteiger partial charge in [0.2, 0.25) is 0 Å². The first-order valence-electron chi connectivity index (χ1n) is 8.95. The molecule has 0 aliphatic rings. The molecule has 0 bridgehead atoms. The monoisotopic (exact) mass is 389 g/mol. The third kappa shape index (κ3) is 4.94. The Morgan fingerprint density at radius 3 is 2.34 bits per heavy atom. The molecule has 4 nitrogen and oxygen atoms in total. The third-order valence-corrected chi connectivity index (χ3v) is 4.36. The fourth-order valence-electron chi connectivity index (χ4n) is 2.79. The first kappa shape index (κ1) is 20.0. The number of hydrogen-bond acceptors (Lipinski definition) is 4. The van der Waals surface area contributed by atoms with Crippen LogP contribution in [0.25, 0.3) is 11.6 Å². The topological polar surface area (TPSA) is 51.5 Å². The van der Waals surface area contributed by atoms with E-state index in [2.05, 4.69) is 6.07 Å². The van der Waals surface area contributed by atoms with Crippen LogP contribution in [0.4, 0.5) is 4.39 Å². The molecule has 0 unspecified atom stereocenters. The second-order valence-corrected chi connectivity index (χ2v) is 6.19. The Morgan fingerprint density at radius 1 is 0.966 bits per heavy atom. The van der Waals surface area contributed by atoms with Crippen molar-refractivity contribution in [2.75, 3.05) is 14.2 Å². The number of allylic oxidation sites excluding steroid dienone is 1. The first-order valence-corrected chi connectivity index (χ1v) is 8.95. The summed E-state index contributed by atoms with van der Waals surface area (Å²) in [7, 11) is 3.12. The molecule has 0 aliphatic carbocycles. The van der Waals surface area contributed by atoms with Gasteiger partial charge in [-0.25, -0.2) is 4.39 Å². The zero-order valence-corrected chi connectivity index (χ0v) is 16.2. The maximum Gasteiger partial charge on any atom is 0.161 e. The van der Waals surface area contributed by atoms with E-state index in [0.29, 0.717) is 28.4 Å². The molecule has 0 heterocycles. The largest absolute Gasteiger partial charge is 0.493 e. The van der Waals surface area contributed by atoms with Crippen molar-refractivity contribution in [3.63, 3.8) is 0 Å². The van der Waals surface area contributed by atoms with Crippen LogP contribution < -0.4 is 14.2 Å². The lowest BCUT2D eigenvalue weighted by atomic mass is 10.0. The van der Waals surface area contributed by atoms with E-state index in [1.807, 2.05) is 18.2 Å². The second kappa shape index (κ2) is 9.43. The van der Waals surface area contributed by atoms with E-state index in [4.69, 9.17) is 14.2 Å².